The molecular weight excluding hydrogens is 260 g/mol. The summed E-state index contributed by atoms with van der Waals surface area (Å²) in [6.45, 7) is 2.18. The van der Waals surface area contributed by atoms with Crippen LogP contribution in [0, 0.1) is 5.92 Å². The molecule has 1 saturated carbocycles. The van der Waals surface area contributed by atoms with Crippen LogP contribution >= 0.6 is 0 Å². The maximum atomic E-state index is 12.4. The van der Waals surface area contributed by atoms with E-state index in [4.69, 9.17) is 0 Å². The minimum absolute atomic E-state index is 0.00609. The van der Waals surface area contributed by atoms with Crippen LogP contribution in [0.2, 0.25) is 0 Å². The number of rotatable bonds is 4. The first-order valence-electron chi connectivity index (χ1n) is 8.42. The van der Waals surface area contributed by atoms with Gasteiger partial charge in [0.15, 0.2) is 0 Å². The van der Waals surface area contributed by atoms with Crippen molar-refractivity contribution in [1.29, 1.82) is 0 Å². The first kappa shape index (κ1) is 14.6. The average molecular weight is 286 g/mol. The van der Waals surface area contributed by atoms with Crippen LogP contribution in [-0.4, -0.2) is 18.0 Å². The molecule has 2 fully saturated rings. The van der Waals surface area contributed by atoms with Crippen LogP contribution in [0.4, 0.5) is 5.69 Å². The lowest BCUT2D eigenvalue weighted by atomic mass is 9.85. The van der Waals surface area contributed by atoms with E-state index in [1.54, 1.807) is 0 Å². The second kappa shape index (κ2) is 6.61. The number of benzene rings is 1. The number of carbonyl (C=O) groups excluding carboxylic acids is 1. The van der Waals surface area contributed by atoms with E-state index in [0.717, 1.165) is 24.9 Å². The van der Waals surface area contributed by atoms with Gasteiger partial charge in [0, 0.05) is 11.7 Å². The lowest BCUT2D eigenvalue weighted by molar-refractivity contribution is -0.117. The molecule has 3 heteroatoms. The molecule has 3 rings (SSSR count). The zero-order valence-corrected chi connectivity index (χ0v) is 12.9. The Balaban J connectivity index is 1.56. The molecule has 21 heavy (non-hydrogen) atoms. The Kier molecular flexibility index (Phi) is 4.59. The summed E-state index contributed by atoms with van der Waals surface area (Å²) in [7, 11) is 0. The molecule has 0 bridgehead atoms. The molecule has 1 heterocycles. The fourth-order valence-electron chi connectivity index (χ4n) is 3.79. The van der Waals surface area contributed by atoms with Crippen molar-refractivity contribution in [2.75, 3.05) is 5.32 Å². The molecule has 1 aromatic carbocycles. The van der Waals surface area contributed by atoms with Gasteiger partial charge in [0.2, 0.25) is 5.91 Å². The van der Waals surface area contributed by atoms with Crippen LogP contribution in [-0.2, 0) is 11.2 Å². The Hall–Kier alpha value is -1.35. The third kappa shape index (κ3) is 3.46. The third-order valence-corrected chi connectivity index (χ3v) is 4.94. The van der Waals surface area contributed by atoms with Crippen LogP contribution in [0.15, 0.2) is 24.3 Å². The van der Waals surface area contributed by atoms with E-state index in [1.807, 2.05) is 12.1 Å². The highest BCUT2D eigenvalue weighted by molar-refractivity contribution is 5.95. The lowest BCUT2D eigenvalue weighted by Crippen LogP contribution is -2.39. The highest BCUT2D eigenvalue weighted by Crippen LogP contribution is 2.33. The molecule has 0 spiro atoms. The second-order valence-corrected chi connectivity index (χ2v) is 6.54. The molecule has 0 aromatic heterocycles. The van der Waals surface area contributed by atoms with Gasteiger partial charge in [0.05, 0.1) is 6.04 Å². The topological polar surface area (TPSA) is 41.1 Å². The molecule has 1 aliphatic heterocycles. The number of carbonyl (C=O) groups is 1. The summed E-state index contributed by atoms with van der Waals surface area (Å²) in [5.41, 5.74) is 2.25. The van der Waals surface area contributed by atoms with Crippen molar-refractivity contribution in [1.82, 2.24) is 5.32 Å². The summed E-state index contributed by atoms with van der Waals surface area (Å²) in [6.07, 6.45) is 8.41. The predicted molar refractivity (Wildman–Crippen MR) is 86.4 cm³/mol. The molecule has 2 aliphatic rings. The second-order valence-electron chi connectivity index (χ2n) is 6.54. The Labute approximate surface area is 127 Å². The third-order valence-electron chi connectivity index (χ3n) is 4.94. The predicted octanol–water partition coefficient (Wildman–Crippen LogP) is 3.50. The van der Waals surface area contributed by atoms with Crippen molar-refractivity contribution in [3.8, 4) is 0 Å². The average Bonchev–Trinajstić information content (AvgIpc) is 2.94. The minimum Gasteiger partial charge on any atom is -0.325 e. The molecule has 1 aromatic rings. The fourth-order valence-corrected chi connectivity index (χ4v) is 3.79. The zero-order chi connectivity index (χ0) is 14.7. The van der Waals surface area contributed by atoms with Crippen molar-refractivity contribution in [2.24, 2.45) is 5.92 Å². The first-order chi connectivity index (χ1) is 10.3. The molecule has 3 unspecified atom stereocenters. The highest BCUT2D eigenvalue weighted by Gasteiger charge is 2.38. The van der Waals surface area contributed by atoms with Gasteiger partial charge in [-0.15, -0.1) is 0 Å². The van der Waals surface area contributed by atoms with E-state index < -0.39 is 0 Å². The van der Waals surface area contributed by atoms with Crippen molar-refractivity contribution in [2.45, 2.75) is 64.0 Å². The zero-order valence-electron chi connectivity index (χ0n) is 12.9. The number of nitrogens with one attached hydrogen (secondary N) is 2. The molecular formula is C18H26N2O. The van der Waals surface area contributed by atoms with Gasteiger partial charge in [-0.1, -0.05) is 38.3 Å². The van der Waals surface area contributed by atoms with Crippen molar-refractivity contribution in [3.63, 3.8) is 0 Å². The highest BCUT2D eigenvalue weighted by atomic mass is 16.2. The van der Waals surface area contributed by atoms with Gasteiger partial charge in [0.25, 0.3) is 0 Å². The van der Waals surface area contributed by atoms with E-state index in [-0.39, 0.29) is 11.9 Å². The Morgan fingerprint density at radius 1 is 1.24 bits per heavy atom. The minimum atomic E-state index is -0.00609. The van der Waals surface area contributed by atoms with Crippen molar-refractivity contribution in [3.05, 3.63) is 29.8 Å². The molecule has 3 nitrogen and oxygen atoms in total. The summed E-state index contributed by atoms with van der Waals surface area (Å²) in [5.74, 6) is 0.842. The molecule has 1 amide bonds. The van der Waals surface area contributed by atoms with Crippen LogP contribution in [0.25, 0.3) is 0 Å². The molecule has 3 atom stereocenters. The van der Waals surface area contributed by atoms with Crippen LogP contribution in [0.3, 0.4) is 0 Å². The number of fused-ring (bicyclic) bond motifs is 1. The van der Waals surface area contributed by atoms with E-state index in [0.29, 0.717) is 12.0 Å². The molecule has 0 radical (unpaired) electrons. The van der Waals surface area contributed by atoms with Gasteiger partial charge in [-0.2, -0.15) is 0 Å². The Morgan fingerprint density at radius 2 is 2.00 bits per heavy atom. The van der Waals surface area contributed by atoms with Gasteiger partial charge in [-0.05, 0) is 49.3 Å². The van der Waals surface area contributed by atoms with Gasteiger partial charge in [0.1, 0.15) is 0 Å². The molecule has 114 valence electrons. The number of anilines is 1. The quantitative estimate of drug-likeness (QED) is 0.889. The maximum Gasteiger partial charge on any atom is 0.241 e. The summed E-state index contributed by atoms with van der Waals surface area (Å²) in [6, 6.07) is 8.83. The smallest absolute Gasteiger partial charge is 0.241 e. The summed E-state index contributed by atoms with van der Waals surface area (Å²) in [5, 5.41) is 6.59. The Bertz CT molecular complexity index is 468. The largest absolute Gasteiger partial charge is 0.325 e. The molecule has 2 N–H and O–H groups in total. The normalized spacial score (nSPS) is 28.1. The standard InChI is InChI=1S/C18H26N2O/c1-2-5-13-8-10-15(11-9-13)19-18(21)17-12-14-6-3-4-7-16(14)20-17/h8-11,14,16-17,20H,2-7,12H2,1H3,(H,19,21). The maximum absolute atomic E-state index is 12.4. The van der Waals surface area contributed by atoms with E-state index >= 15 is 0 Å². The monoisotopic (exact) mass is 286 g/mol. The van der Waals surface area contributed by atoms with Gasteiger partial charge in [-0.25, -0.2) is 0 Å². The SMILES string of the molecule is CCCc1ccc(NC(=O)C2CC3CCCCC3N2)cc1. The number of hydrogen-bond donors (Lipinski definition) is 2. The summed E-state index contributed by atoms with van der Waals surface area (Å²) < 4.78 is 0. The van der Waals surface area contributed by atoms with Crippen molar-refractivity contribution >= 4 is 11.6 Å². The number of aryl methyl sites for hydroxylation is 1. The summed E-state index contributed by atoms with van der Waals surface area (Å²) in [4.78, 5) is 12.4. The number of amides is 1. The summed E-state index contributed by atoms with van der Waals surface area (Å²) >= 11 is 0. The fraction of sp³-hybridized carbons (Fsp3) is 0.611. The van der Waals surface area contributed by atoms with Crippen molar-refractivity contribution < 1.29 is 4.79 Å². The van der Waals surface area contributed by atoms with Gasteiger partial charge < -0.3 is 10.6 Å². The van der Waals surface area contributed by atoms with E-state index in [9.17, 15) is 4.79 Å². The van der Waals surface area contributed by atoms with E-state index in [1.165, 1.54) is 31.2 Å². The Morgan fingerprint density at radius 3 is 2.71 bits per heavy atom. The molecule has 1 aliphatic carbocycles. The van der Waals surface area contributed by atoms with Gasteiger partial charge >= 0.3 is 0 Å². The van der Waals surface area contributed by atoms with Crippen LogP contribution in [0.1, 0.15) is 51.0 Å². The number of hydrogen-bond acceptors (Lipinski definition) is 2. The van der Waals surface area contributed by atoms with Crippen LogP contribution < -0.4 is 10.6 Å². The van der Waals surface area contributed by atoms with E-state index in [2.05, 4.69) is 29.7 Å². The van der Waals surface area contributed by atoms with Gasteiger partial charge in [-0.3, -0.25) is 4.79 Å². The first-order valence-corrected chi connectivity index (χ1v) is 8.42. The van der Waals surface area contributed by atoms with Crippen LogP contribution in [0.5, 0.6) is 0 Å². The lowest BCUT2D eigenvalue weighted by Gasteiger charge is -2.24. The molecule has 1 saturated heterocycles.